The molecule has 0 N–H and O–H groups in total. The number of ketones is 1. The number of aryl methyl sites for hydroxylation is 2. The first-order chi connectivity index (χ1) is 10.1. The largest absolute Gasteiger partial charge is 0.294 e. The Hall–Kier alpha value is -2.42. The summed E-state index contributed by atoms with van der Waals surface area (Å²) in [6.07, 6.45) is 0.407. The standard InChI is InChI=1S/C18H18N2O/c1-12-17(13(2)20(3)19-12)11-18(21)16-9-8-14-6-4-5-7-15(14)10-16/h4-10H,11H2,1-3H3. The Morgan fingerprint density at radius 1 is 1.10 bits per heavy atom. The molecule has 0 fully saturated rings. The lowest BCUT2D eigenvalue weighted by molar-refractivity contribution is 0.0992. The minimum absolute atomic E-state index is 0.139. The lowest BCUT2D eigenvalue weighted by Gasteiger charge is -2.04. The maximum atomic E-state index is 12.5. The molecule has 0 amide bonds. The summed E-state index contributed by atoms with van der Waals surface area (Å²) in [7, 11) is 1.91. The third kappa shape index (κ3) is 2.47. The van der Waals surface area contributed by atoms with Crippen LogP contribution in [0.5, 0.6) is 0 Å². The van der Waals surface area contributed by atoms with Gasteiger partial charge >= 0.3 is 0 Å². The highest BCUT2D eigenvalue weighted by Gasteiger charge is 2.15. The molecule has 0 atom stereocenters. The Bertz CT molecular complexity index is 830. The fourth-order valence-electron chi connectivity index (χ4n) is 2.70. The Labute approximate surface area is 124 Å². The van der Waals surface area contributed by atoms with E-state index in [1.54, 1.807) is 0 Å². The summed E-state index contributed by atoms with van der Waals surface area (Å²) in [6.45, 7) is 3.96. The second-order valence-electron chi connectivity index (χ2n) is 5.43. The number of carbonyl (C=O) groups excluding carboxylic acids is 1. The van der Waals surface area contributed by atoms with Crippen LogP contribution < -0.4 is 0 Å². The molecule has 3 aromatic rings. The molecule has 3 rings (SSSR count). The lowest BCUT2D eigenvalue weighted by Crippen LogP contribution is -2.05. The number of fused-ring (bicyclic) bond motifs is 1. The van der Waals surface area contributed by atoms with Crippen LogP contribution in [0.2, 0.25) is 0 Å². The van der Waals surface area contributed by atoms with Gasteiger partial charge in [0.05, 0.1) is 5.69 Å². The summed E-state index contributed by atoms with van der Waals surface area (Å²) in [5, 5.41) is 6.63. The normalized spacial score (nSPS) is 11.0. The van der Waals surface area contributed by atoms with E-state index >= 15 is 0 Å². The van der Waals surface area contributed by atoms with E-state index in [1.165, 1.54) is 0 Å². The van der Waals surface area contributed by atoms with Crippen LogP contribution in [-0.2, 0) is 13.5 Å². The summed E-state index contributed by atoms with van der Waals surface area (Å²) in [5.41, 5.74) is 3.79. The number of nitrogens with zero attached hydrogens (tertiary/aromatic N) is 2. The number of hydrogen-bond acceptors (Lipinski definition) is 2. The Morgan fingerprint density at radius 3 is 2.48 bits per heavy atom. The Balaban J connectivity index is 1.93. The van der Waals surface area contributed by atoms with Crippen LogP contribution in [0.4, 0.5) is 0 Å². The molecule has 0 aliphatic rings. The van der Waals surface area contributed by atoms with Crippen molar-refractivity contribution >= 4 is 16.6 Å². The van der Waals surface area contributed by atoms with Crippen LogP contribution in [0, 0.1) is 13.8 Å². The van der Waals surface area contributed by atoms with Crippen LogP contribution >= 0.6 is 0 Å². The summed E-state index contributed by atoms with van der Waals surface area (Å²) in [6, 6.07) is 14.0. The van der Waals surface area contributed by atoms with Crippen molar-refractivity contribution in [2.75, 3.05) is 0 Å². The SMILES string of the molecule is Cc1nn(C)c(C)c1CC(=O)c1ccc2ccccc2c1. The van der Waals surface area contributed by atoms with E-state index in [0.717, 1.165) is 33.3 Å². The van der Waals surface area contributed by atoms with Gasteiger partial charge in [0.25, 0.3) is 0 Å². The topological polar surface area (TPSA) is 34.9 Å². The minimum atomic E-state index is 0.139. The molecule has 0 bridgehead atoms. The molecule has 0 aliphatic heterocycles. The van der Waals surface area contributed by atoms with Crippen molar-refractivity contribution in [2.45, 2.75) is 20.3 Å². The summed E-state index contributed by atoms with van der Waals surface area (Å²) >= 11 is 0. The van der Waals surface area contributed by atoms with Gasteiger partial charge in [0.15, 0.2) is 5.78 Å². The quantitative estimate of drug-likeness (QED) is 0.686. The molecule has 21 heavy (non-hydrogen) atoms. The summed E-state index contributed by atoms with van der Waals surface area (Å²) in [5.74, 6) is 0.139. The minimum Gasteiger partial charge on any atom is -0.294 e. The van der Waals surface area contributed by atoms with Crippen molar-refractivity contribution in [1.82, 2.24) is 9.78 Å². The zero-order chi connectivity index (χ0) is 15.0. The molecule has 0 unspecified atom stereocenters. The average molecular weight is 278 g/mol. The molecule has 1 aromatic heterocycles. The van der Waals surface area contributed by atoms with Crippen molar-refractivity contribution in [1.29, 1.82) is 0 Å². The Kier molecular flexibility index (Phi) is 3.34. The van der Waals surface area contributed by atoms with Gasteiger partial charge in [-0.2, -0.15) is 5.10 Å². The van der Waals surface area contributed by atoms with Gasteiger partial charge in [-0.1, -0.05) is 36.4 Å². The lowest BCUT2D eigenvalue weighted by atomic mass is 9.99. The van der Waals surface area contributed by atoms with Crippen LogP contribution in [0.3, 0.4) is 0 Å². The monoisotopic (exact) mass is 278 g/mol. The molecule has 1 heterocycles. The first-order valence-electron chi connectivity index (χ1n) is 7.07. The first-order valence-corrected chi connectivity index (χ1v) is 7.07. The smallest absolute Gasteiger partial charge is 0.167 e. The van der Waals surface area contributed by atoms with Crippen molar-refractivity contribution < 1.29 is 4.79 Å². The van der Waals surface area contributed by atoms with E-state index in [9.17, 15) is 4.79 Å². The van der Waals surface area contributed by atoms with Crippen molar-refractivity contribution in [3.63, 3.8) is 0 Å². The number of benzene rings is 2. The average Bonchev–Trinajstić information content (AvgIpc) is 2.73. The number of hydrogen-bond donors (Lipinski definition) is 0. The fraction of sp³-hybridized carbons (Fsp3) is 0.222. The summed E-state index contributed by atoms with van der Waals surface area (Å²) < 4.78 is 1.83. The van der Waals surface area contributed by atoms with Crippen LogP contribution in [0.15, 0.2) is 42.5 Å². The van der Waals surface area contributed by atoms with Crippen LogP contribution in [0.1, 0.15) is 27.3 Å². The maximum Gasteiger partial charge on any atom is 0.167 e. The van der Waals surface area contributed by atoms with Crippen LogP contribution in [0.25, 0.3) is 10.8 Å². The van der Waals surface area contributed by atoms with Gasteiger partial charge in [0, 0.05) is 30.3 Å². The van der Waals surface area contributed by atoms with E-state index in [4.69, 9.17) is 0 Å². The second-order valence-corrected chi connectivity index (χ2v) is 5.43. The van der Waals surface area contributed by atoms with Gasteiger partial charge in [0.2, 0.25) is 0 Å². The third-order valence-electron chi connectivity index (χ3n) is 4.07. The van der Waals surface area contributed by atoms with E-state index in [0.29, 0.717) is 6.42 Å². The van der Waals surface area contributed by atoms with E-state index in [1.807, 2.05) is 62.0 Å². The van der Waals surface area contributed by atoms with Crippen molar-refractivity contribution in [3.8, 4) is 0 Å². The summed E-state index contributed by atoms with van der Waals surface area (Å²) in [4.78, 5) is 12.5. The molecular formula is C18H18N2O. The predicted molar refractivity (Wildman–Crippen MR) is 84.7 cm³/mol. The molecule has 0 saturated carbocycles. The van der Waals surface area contributed by atoms with Gasteiger partial charge in [-0.25, -0.2) is 0 Å². The van der Waals surface area contributed by atoms with Gasteiger partial charge in [-0.15, -0.1) is 0 Å². The molecule has 3 heteroatoms. The number of carbonyl (C=O) groups is 1. The number of Topliss-reactive ketones (excluding diaryl/α,β-unsaturated/α-hetero) is 1. The molecule has 106 valence electrons. The van der Waals surface area contributed by atoms with E-state index in [-0.39, 0.29) is 5.78 Å². The fourth-order valence-corrected chi connectivity index (χ4v) is 2.70. The highest BCUT2D eigenvalue weighted by atomic mass is 16.1. The van der Waals surface area contributed by atoms with E-state index < -0.39 is 0 Å². The molecule has 0 spiro atoms. The van der Waals surface area contributed by atoms with E-state index in [2.05, 4.69) is 11.2 Å². The first kappa shape index (κ1) is 13.6. The molecule has 0 aliphatic carbocycles. The highest BCUT2D eigenvalue weighted by Crippen LogP contribution is 2.19. The molecule has 0 radical (unpaired) electrons. The molecular weight excluding hydrogens is 260 g/mol. The van der Waals surface area contributed by atoms with Crippen LogP contribution in [-0.4, -0.2) is 15.6 Å². The second kappa shape index (κ2) is 5.17. The molecule has 2 aromatic carbocycles. The molecule has 0 saturated heterocycles. The van der Waals surface area contributed by atoms with Gasteiger partial charge in [-0.3, -0.25) is 9.48 Å². The maximum absolute atomic E-state index is 12.5. The van der Waals surface area contributed by atoms with Gasteiger partial charge < -0.3 is 0 Å². The third-order valence-corrected chi connectivity index (χ3v) is 4.07. The van der Waals surface area contributed by atoms with Gasteiger partial charge in [0.1, 0.15) is 0 Å². The zero-order valence-corrected chi connectivity index (χ0v) is 12.6. The zero-order valence-electron chi connectivity index (χ0n) is 12.6. The van der Waals surface area contributed by atoms with Gasteiger partial charge in [-0.05, 0) is 30.7 Å². The molecule has 3 nitrogen and oxygen atoms in total. The highest BCUT2D eigenvalue weighted by molar-refractivity contribution is 6.01. The Morgan fingerprint density at radius 2 is 1.81 bits per heavy atom. The van der Waals surface area contributed by atoms with Crippen molar-refractivity contribution in [2.24, 2.45) is 7.05 Å². The number of aromatic nitrogens is 2. The number of rotatable bonds is 3. The predicted octanol–water partition coefficient (Wildman–Crippen LogP) is 3.62. The van der Waals surface area contributed by atoms with Crippen molar-refractivity contribution in [3.05, 3.63) is 65.0 Å².